The highest BCUT2D eigenvalue weighted by molar-refractivity contribution is 7.09. The topological polar surface area (TPSA) is 101 Å². The number of benzene rings is 2. The van der Waals surface area contributed by atoms with Crippen LogP contribution in [0.2, 0.25) is 0 Å². The monoisotopic (exact) mass is 495 g/mol. The number of urea groups is 1. The first-order valence-corrected chi connectivity index (χ1v) is 11.8. The van der Waals surface area contributed by atoms with E-state index in [4.69, 9.17) is 9.15 Å². The van der Waals surface area contributed by atoms with Crippen LogP contribution in [0.1, 0.15) is 11.4 Å². The summed E-state index contributed by atoms with van der Waals surface area (Å²) in [5, 5.41) is 4.10. The number of nitrogens with zero attached hydrogens (tertiary/aromatic N) is 4. The van der Waals surface area contributed by atoms with Crippen LogP contribution in [0.3, 0.4) is 0 Å². The summed E-state index contributed by atoms with van der Waals surface area (Å²) < 4.78 is 28.0. The summed E-state index contributed by atoms with van der Waals surface area (Å²) in [6, 6.07) is 12.6. The number of fused-ring (bicyclic) bond motifs is 1. The van der Waals surface area contributed by atoms with E-state index < -0.39 is 5.63 Å². The van der Waals surface area contributed by atoms with E-state index in [0.29, 0.717) is 55.1 Å². The Morgan fingerprint density at radius 3 is 2.66 bits per heavy atom. The quantitative estimate of drug-likeness (QED) is 0.421. The number of hydrogen-bond acceptors (Lipinski definition) is 8. The maximum absolute atomic E-state index is 13.1. The smallest absolute Gasteiger partial charge is 0.360 e. The third-order valence-corrected chi connectivity index (χ3v) is 6.57. The molecule has 2 aromatic carbocycles. The van der Waals surface area contributed by atoms with Gasteiger partial charge >= 0.3 is 11.7 Å². The van der Waals surface area contributed by atoms with Gasteiger partial charge in [-0.2, -0.15) is 4.37 Å². The molecule has 0 radical (unpaired) electrons. The summed E-state index contributed by atoms with van der Waals surface area (Å²) in [6.07, 6.45) is 0.527. The molecule has 0 spiro atoms. The number of carbonyl (C=O) groups is 1. The van der Waals surface area contributed by atoms with Gasteiger partial charge in [-0.25, -0.2) is 19.0 Å². The van der Waals surface area contributed by atoms with Gasteiger partial charge in [0.05, 0.1) is 7.11 Å². The van der Waals surface area contributed by atoms with E-state index in [9.17, 15) is 14.0 Å². The minimum Gasteiger partial charge on any atom is -0.497 e. The number of piperazine rings is 1. The average Bonchev–Trinajstić information content (AvgIpc) is 3.34. The van der Waals surface area contributed by atoms with E-state index in [2.05, 4.69) is 19.6 Å². The van der Waals surface area contributed by atoms with Crippen LogP contribution in [0.4, 0.5) is 20.0 Å². The van der Waals surface area contributed by atoms with Crippen LogP contribution in [0.5, 0.6) is 5.75 Å². The third kappa shape index (κ3) is 5.09. The lowest BCUT2D eigenvalue weighted by Crippen LogP contribution is -2.50. The van der Waals surface area contributed by atoms with Crippen LogP contribution >= 0.6 is 11.5 Å². The molecule has 1 N–H and O–H groups in total. The third-order valence-electron chi connectivity index (χ3n) is 5.75. The molecule has 0 bridgehead atoms. The van der Waals surface area contributed by atoms with Crippen LogP contribution in [0.25, 0.3) is 11.0 Å². The minimum atomic E-state index is -0.614. The van der Waals surface area contributed by atoms with Crippen LogP contribution < -0.4 is 20.6 Å². The zero-order chi connectivity index (χ0) is 24.4. The molecule has 180 valence electrons. The fourth-order valence-corrected chi connectivity index (χ4v) is 4.58. The highest BCUT2D eigenvalue weighted by atomic mass is 32.1. The summed E-state index contributed by atoms with van der Waals surface area (Å²) in [7, 11) is 1.55. The molecular weight excluding hydrogens is 473 g/mol. The first kappa shape index (κ1) is 22.8. The molecule has 1 fully saturated rings. The largest absolute Gasteiger partial charge is 0.497 e. The van der Waals surface area contributed by atoms with Gasteiger partial charge in [0.1, 0.15) is 28.7 Å². The Hall–Kier alpha value is -3.99. The van der Waals surface area contributed by atoms with E-state index in [1.54, 1.807) is 48.4 Å². The lowest BCUT2D eigenvalue weighted by molar-refractivity contribution is 0.208. The number of rotatable bonds is 5. The molecular formula is C24H22FN5O4S. The van der Waals surface area contributed by atoms with E-state index in [1.165, 1.54) is 23.7 Å². The second-order valence-electron chi connectivity index (χ2n) is 8.05. The number of aromatic nitrogens is 2. The summed E-state index contributed by atoms with van der Waals surface area (Å²) in [6.45, 7) is 2.10. The summed E-state index contributed by atoms with van der Waals surface area (Å²) in [5.41, 5.74) is 0.817. The molecule has 1 aliphatic heterocycles. The molecule has 9 nitrogen and oxygen atoms in total. The first-order valence-electron chi connectivity index (χ1n) is 11.0. The Morgan fingerprint density at radius 1 is 1.14 bits per heavy atom. The molecule has 1 aliphatic rings. The molecule has 3 heterocycles. The van der Waals surface area contributed by atoms with Crippen molar-refractivity contribution < 1.29 is 18.3 Å². The average molecular weight is 496 g/mol. The number of hydrogen-bond donors (Lipinski definition) is 1. The number of anilines is 2. The van der Waals surface area contributed by atoms with Gasteiger partial charge in [-0.15, -0.1) is 0 Å². The van der Waals surface area contributed by atoms with Crippen molar-refractivity contribution in [1.82, 2.24) is 14.3 Å². The Kier molecular flexibility index (Phi) is 6.32. The zero-order valence-corrected chi connectivity index (χ0v) is 19.7. The Morgan fingerprint density at radius 2 is 1.91 bits per heavy atom. The molecule has 35 heavy (non-hydrogen) atoms. The lowest BCUT2D eigenvalue weighted by atomic mass is 10.1. The number of carbonyl (C=O) groups excluding carboxylic acids is 1. The standard InChI is InChI=1S/C24H22FN5O4S/c1-33-18-6-7-20-16(13-18)14-19(22(31)34-20)26-23(32)29-8-10-30(11-9-29)24-27-21(28-35-24)12-15-2-4-17(25)5-3-15/h2-7,13-14H,8-12H2,1H3,(H,26,32). The van der Waals surface area contributed by atoms with Gasteiger partial charge in [-0.3, -0.25) is 0 Å². The lowest BCUT2D eigenvalue weighted by Gasteiger charge is -2.34. The molecule has 4 aromatic rings. The minimum absolute atomic E-state index is 0.0766. The normalized spacial score (nSPS) is 13.8. The molecule has 2 aromatic heterocycles. The Balaban J connectivity index is 1.19. The highest BCUT2D eigenvalue weighted by Crippen LogP contribution is 2.23. The van der Waals surface area contributed by atoms with Gasteiger partial charge in [0.2, 0.25) is 5.13 Å². The van der Waals surface area contributed by atoms with E-state index in [1.807, 2.05) is 0 Å². The number of nitrogens with one attached hydrogen (secondary N) is 1. The highest BCUT2D eigenvalue weighted by Gasteiger charge is 2.24. The van der Waals surface area contributed by atoms with Crippen molar-refractivity contribution in [3.63, 3.8) is 0 Å². The summed E-state index contributed by atoms with van der Waals surface area (Å²) in [5.74, 6) is 1.03. The second kappa shape index (κ2) is 9.71. The van der Waals surface area contributed by atoms with Gasteiger partial charge in [0, 0.05) is 49.5 Å². The zero-order valence-electron chi connectivity index (χ0n) is 18.9. The molecule has 0 aliphatic carbocycles. The van der Waals surface area contributed by atoms with Crippen molar-refractivity contribution in [3.8, 4) is 5.75 Å². The predicted molar refractivity (Wildman–Crippen MR) is 131 cm³/mol. The van der Waals surface area contributed by atoms with Gasteiger partial charge in [-0.1, -0.05) is 12.1 Å². The van der Waals surface area contributed by atoms with Crippen molar-refractivity contribution >= 4 is 39.4 Å². The van der Waals surface area contributed by atoms with Crippen molar-refractivity contribution in [2.24, 2.45) is 0 Å². The van der Waals surface area contributed by atoms with Gasteiger partial charge < -0.3 is 24.3 Å². The molecule has 5 rings (SSSR count). The second-order valence-corrected chi connectivity index (χ2v) is 8.78. The Labute approximate surface area is 203 Å². The number of ether oxygens (including phenoxy) is 1. The van der Waals surface area contributed by atoms with E-state index in [-0.39, 0.29) is 17.5 Å². The van der Waals surface area contributed by atoms with E-state index >= 15 is 0 Å². The molecule has 11 heteroatoms. The SMILES string of the molecule is COc1ccc2oc(=O)c(NC(=O)N3CCN(c4nc(Cc5ccc(F)cc5)ns4)CC3)cc2c1. The maximum Gasteiger partial charge on any atom is 0.360 e. The summed E-state index contributed by atoms with van der Waals surface area (Å²) in [4.78, 5) is 33.4. The van der Waals surface area contributed by atoms with Crippen molar-refractivity contribution in [3.05, 3.63) is 76.2 Å². The van der Waals surface area contributed by atoms with Crippen LogP contribution in [-0.2, 0) is 6.42 Å². The molecule has 2 amide bonds. The molecule has 1 saturated heterocycles. The number of halogens is 1. The summed E-state index contributed by atoms with van der Waals surface area (Å²) >= 11 is 1.30. The van der Waals surface area contributed by atoms with Crippen LogP contribution in [0, 0.1) is 5.82 Å². The Bertz CT molecular complexity index is 1410. The molecule has 0 atom stereocenters. The van der Waals surface area contributed by atoms with Crippen molar-refractivity contribution in [2.75, 3.05) is 43.5 Å². The van der Waals surface area contributed by atoms with Gasteiger partial charge in [0.25, 0.3) is 0 Å². The van der Waals surface area contributed by atoms with Crippen molar-refractivity contribution in [2.45, 2.75) is 6.42 Å². The fourth-order valence-electron chi connectivity index (χ4n) is 3.84. The van der Waals surface area contributed by atoms with Crippen molar-refractivity contribution in [1.29, 1.82) is 0 Å². The maximum atomic E-state index is 13.1. The number of methoxy groups -OCH3 is 1. The van der Waals surface area contributed by atoms with E-state index in [0.717, 1.165) is 10.7 Å². The predicted octanol–water partition coefficient (Wildman–Crippen LogP) is 3.74. The molecule has 0 saturated carbocycles. The van der Waals surface area contributed by atoms with Crippen LogP contribution in [-0.4, -0.2) is 53.6 Å². The fraction of sp³-hybridized carbons (Fsp3) is 0.250. The number of amides is 2. The first-order chi connectivity index (χ1) is 17.0. The van der Waals surface area contributed by atoms with Gasteiger partial charge in [-0.05, 0) is 42.0 Å². The van der Waals surface area contributed by atoms with Crippen LogP contribution in [0.15, 0.2) is 57.7 Å². The molecule has 0 unspecified atom stereocenters. The van der Waals surface area contributed by atoms with Gasteiger partial charge in [0.15, 0.2) is 0 Å².